The van der Waals surface area contributed by atoms with Crippen LogP contribution in [0, 0.1) is 5.92 Å². The van der Waals surface area contributed by atoms with Gasteiger partial charge in [0.25, 0.3) is 0 Å². The van der Waals surface area contributed by atoms with Gasteiger partial charge in [-0.05, 0) is 42.9 Å². The highest BCUT2D eigenvalue weighted by Crippen LogP contribution is 2.47. The predicted molar refractivity (Wildman–Crippen MR) is 126 cm³/mol. The van der Waals surface area contributed by atoms with Gasteiger partial charge in [-0.3, -0.25) is 9.89 Å². The molecule has 1 aliphatic carbocycles. The lowest BCUT2D eigenvalue weighted by atomic mass is 9.96. The molecule has 0 aromatic heterocycles. The average Bonchev–Trinajstić information content (AvgIpc) is 3.31. The highest BCUT2D eigenvalue weighted by Gasteiger charge is 2.44. The molecule has 28 heavy (non-hydrogen) atoms. The van der Waals surface area contributed by atoms with E-state index < -0.39 is 0 Å². The van der Waals surface area contributed by atoms with E-state index in [1.807, 2.05) is 19.2 Å². The Balaban J connectivity index is 0.00000225. The topological polar surface area (TPSA) is 40.1 Å². The maximum atomic E-state index is 6.05. The predicted octanol–water partition coefficient (Wildman–Crippen LogP) is 3.22. The number of ether oxygens (including phenoxy) is 1. The standard InChI is InChI=1S/C21H31ClN4O.HI/c1-23-20(24-16-21(7-8-21)18-2-4-19(22)5-3-18)26-11-9-25(10-12-26)14-17-6-13-27-15-17;/h2-5,17H,6-16H2,1H3,(H,23,24);1H. The normalized spacial score (nSPS) is 24.7. The summed E-state index contributed by atoms with van der Waals surface area (Å²) in [5, 5.41) is 4.45. The summed E-state index contributed by atoms with van der Waals surface area (Å²) in [7, 11) is 1.90. The monoisotopic (exact) mass is 518 g/mol. The summed E-state index contributed by atoms with van der Waals surface area (Å²) < 4.78 is 5.51. The minimum Gasteiger partial charge on any atom is -0.381 e. The maximum Gasteiger partial charge on any atom is 0.193 e. The summed E-state index contributed by atoms with van der Waals surface area (Å²) in [6, 6.07) is 8.34. The SMILES string of the molecule is CN=C(NCC1(c2ccc(Cl)cc2)CC1)N1CCN(CC2CCOC2)CC1.I. The van der Waals surface area contributed by atoms with Crippen LogP contribution >= 0.6 is 35.6 Å². The van der Waals surface area contributed by atoms with Gasteiger partial charge in [-0.25, -0.2) is 0 Å². The second-order valence-electron chi connectivity index (χ2n) is 8.21. The van der Waals surface area contributed by atoms with Crippen LogP contribution < -0.4 is 5.32 Å². The molecule has 2 saturated heterocycles. The maximum absolute atomic E-state index is 6.05. The molecule has 0 amide bonds. The zero-order valence-corrected chi connectivity index (χ0v) is 19.8. The number of nitrogens with zero attached hydrogens (tertiary/aromatic N) is 3. The Hall–Kier alpha value is -0.570. The van der Waals surface area contributed by atoms with Crippen molar-refractivity contribution in [3.63, 3.8) is 0 Å². The fourth-order valence-corrected chi connectivity index (χ4v) is 4.46. The molecule has 5 nitrogen and oxygen atoms in total. The van der Waals surface area contributed by atoms with Gasteiger partial charge in [0.1, 0.15) is 0 Å². The molecule has 3 aliphatic rings. The second kappa shape index (κ2) is 9.96. The number of rotatable bonds is 5. The molecule has 1 aromatic carbocycles. The molecule has 4 rings (SSSR count). The first kappa shape index (κ1) is 22.1. The summed E-state index contributed by atoms with van der Waals surface area (Å²) in [6.45, 7) is 8.31. The Labute approximate surface area is 190 Å². The van der Waals surface area contributed by atoms with Crippen LogP contribution in [0.25, 0.3) is 0 Å². The van der Waals surface area contributed by atoms with Crippen molar-refractivity contribution in [1.29, 1.82) is 0 Å². The fourth-order valence-electron chi connectivity index (χ4n) is 4.34. The Bertz CT molecular complexity index is 651. The summed E-state index contributed by atoms with van der Waals surface area (Å²) in [4.78, 5) is 9.54. The first-order valence-corrected chi connectivity index (χ1v) is 10.6. The third kappa shape index (κ3) is 5.32. The third-order valence-electron chi connectivity index (χ3n) is 6.32. The molecule has 1 N–H and O–H groups in total. The van der Waals surface area contributed by atoms with Gasteiger partial charge in [0.15, 0.2) is 5.96 Å². The van der Waals surface area contributed by atoms with Crippen molar-refractivity contribution in [3.05, 3.63) is 34.9 Å². The van der Waals surface area contributed by atoms with Crippen LogP contribution in [0.2, 0.25) is 5.02 Å². The Morgan fingerprint density at radius 1 is 1.21 bits per heavy atom. The van der Waals surface area contributed by atoms with E-state index in [1.54, 1.807) is 0 Å². The Morgan fingerprint density at radius 3 is 2.50 bits per heavy atom. The lowest BCUT2D eigenvalue weighted by Crippen LogP contribution is -2.54. The summed E-state index contributed by atoms with van der Waals surface area (Å²) >= 11 is 6.05. The van der Waals surface area contributed by atoms with Gasteiger partial charge in [-0.2, -0.15) is 0 Å². The summed E-state index contributed by atoms with van der Waals surface area (Å²) in [5.74, 6) is 1.77. The molecule has 1 unspecified atom stereocenters. The van der Waals surface area contributed by atoms with Crippen LogP contribution in [-0.4, -0.2) is 75.3 Å². The Kier molecular flexibility index (Phi) is 7.87. The minimum atomic E-state index is 0. The van der Waals surface area contributed by atoms with E-state index in [0.717, 1.165) is 62.8 Å². The number of hydrogen-bond acceptors (Lipinski definition) is 3. The molecule has 3 fully saturated rings. The third-order valence-corrected chi connectivity index (χ3v) is 6.57. The van der Waals surface area contributed by atoms with E-state index in [0.29, 0.717) is 0 Å². The van der Waals surface area contributed by atoms with Crippen molar-refractivity contribution in [2.24, 2.45) is 10.9 Å². The van der Waals surface area contributed by atoms with Crippen molar-refractivity contribution in [2.75, 3.05) is 59.5 Å². The van der Waals surface area contributed by atoms with Crippen molar-refractivity contribution in [1.82, 2.24) is 15.1 Å². The number of guanidine groups is 1. The number of benzene rings is 1. The number of piperazine rings is 1. The van der Waals surface area contributed by atoms with Crippen molar-refractivity contribution in [2.45, 2.75) is 24.7 Å². The van der Waals surface area contributed by atoms with Crippen molar-refractivity contribution in [3.8, 4) is 0 Å². The van der Waals surface area contributed by atoms with Crippen molar-refractivity contribution < 1.29 is 4.74 Å². The smallest absolute Gasteiger partial charge is 0.193 e. The summed E-state index contributed by atoms with van der Waals surface area (Å²) in [6.07, 6.45) is 3.68. The zero-order chi connectivity index (χ0) is 18.7. The molecule has 2 heterocycles. The average molecular weight is 519 g/mol. The molecular formula is C21H32ClIN4O. The largest absolute Gasteiger partial charge is 0.381 e. The molecule has 156 valence electrons. The van der Waals surface area contributed by atoms with E-state index in [1.165, 1.54) is 31.4 Å². The zero-order valence-electron chi connectivity index (χ0n) is 16.7. The quantitative estimate of drug-likeness (QED) is 0.369. The Morgan fingerprint density at radius 2 is 1.93 bits per heavy atom. The van der Waals surface area contributed by atoms with E-state index in [4.69, 9.17) is 16.3 Å². The van der Waals surface area contributed by atoms with Crippen molar-refractivity contribution >= 4 is 41.5 Å². The van der Waals surface area contributed by atoms with Gasteiger partial charge in [-0.15, -0.1) is 24.0 Å². The van der Waals surface area contributed by atoms with Crippen LogP contribution in [0.1, 0.15) is 24.8 Å². The molecule has 2 aliphatic heterocycles. The molecule has 0 spiro atoms. The molecular weight excluding hydrogens is 487 g/mol. The highest BCUT2D eigenvalue weighted by atomic mass is 127. The van der Waals surface area contributed by atoms with Gasteiger partial charge < -0.3 is 15.0 Å². The van der Waals surface area contributed by atoms with Crippen LogP contribution in [-0.2, 0) is 10.2 Å². The van der Waals surface area contributed by atoms with Gasteiger partial charge in [0, 0.05) is 63.4 Å². The van der Waals surface area contributed by atoms with Crippen LogP contribution in [0.5, 0.6) is 0 Å². The fraction of sp³-hybridized carbons (Fsp3) is 0.667. The van der Waals surface area contributed by atoms with E-state index in [-0.39, 0.29) is 29.4 Å². The highest BCUT2D eigenvalue weighted by molar-refractivity contribution is 14.0. The molecule has 7 heteroatoms. The first-order chi connectivity index (χ1) is 13.2. The molecule has 1 aromatic rings. The number of nitrogens with one attached hydrogen (secondary N) is 1. The second-order valence-corrected chi connectivity index (χ2v) is 8.64. The minimum absolute atomic E-state index is 0. The van der Waals surface area contributed by atoms with E-state index >= 15 is 0 Å². The van der Waals surface area contributed by atoms with E-state index in [9.17, 15) is 0 Å². The lowest BCUT2D eigenvalue weighted by Gasteiger charge is -2.37. The molecule has 1 saturated carbocycles. The molecule has 0 bridgehead atoms. The van der Waals surface area contributed by atoms with Gasteiger partial charge in [0.2, 0.25) is 0 Å². The van der Waals surface area contributed by atoms with Gasteiger partial charge in [-0.1, -0.05) is 23.7 Å². The van der Waals surface area contributed by atoms with Gasteiger partial charge in [0.05, 0.1) is 6.61 Å². The number of hydrogen-bond donors (Lipinski definition) is 1. The van der Waals surface area contributed by atoms with Gasteiger partial charge >= 0.3 is 0 Å². The van der Waals surface area contributed by atoms with Crippen LogP contribution in [0.15, 0.2) is 29.3 Å². The molecule has 1 atom stereocenters. The molecule has 0 radical (unpaired) electrons. The number of halogens is 2. The first-order valence-electron chi connectivity index (χ1n) is 10.2. The number of aliphatic imine (C=N–C) groups is 1. The summed E-state index contributed by atoms with van der Waals surface area (Å²) in [5.41, 5.74) is 1.64. The van der Waals surface area contributed by atoms with Crippen LogP contribution in [0.3, 0.4) is 0 Å². The van der Waals surface area contributed by atoms with E-state index in [2.05, 4.69) is 32.2 Å². The van der Waals surface area contributed by atoms with Crippen LogP contribution in [0.4, 0.5) is 0 Å². The lowest BCUT2D eigenvalue weighted by molar-refractivity contribution is 0.139.